The van der Waals surface area contributed by atoms with Gasteiger partial charge in [0, 0.05) is 12.4 Å². The first-order chi connectivity index (χ1) is 7.83. The van der Waals surface area contributed by atoms with E-state index in [9.17, 15) is 4.79 Å². The Labute approximate surface area is 95.6 Å². The SMILES string of the molecule is COC(=O)C(c1cc[nH]c1)N1CCCCC1. The maximum atomic E-state index is 11.8. The van der Waals surface area contributed by atoms with Gasteiger partial charge in [-0.25, -0.2) is 4.79 Å². The van der Waals surface area contributed by atoms with Crippen molar-refractivity contribution in [3.8, 4) is 0 Å². The molecule has 1 aromatic rings. The molecule has 1 fully saturated rings. The van der Waals surface area contributed by atoms with Gasteiger partial charge in [0.15, 0.2) is 0 Å². The van der Waals surface area contributed by atoms with Gasteiger partial charge < -0.3 is 9.72 Å². The number of carbonyl (C=O) groups excluding carboxylic acids is 1. The van der Waals surface area contributed by atoms with E-state index < -0.39 is 0 Å². The smallest absolute Gasteiger partial charge is 0.327 e. The van der Waals surface area contributed by atoms with E-state index in [0.29, 0.717) is 0 Å². The highest BCUT2D eigenvalue weighted by Crippen LogP contribution is 2.25. The van der Waals surface area contributed by atoms with Crippen molar-refractivity contribution in [3.05, 3.63) is 24.0 Å². The highest BCUT2D eigenvalue weighted by atomic mass is 16.5. The Morgan fingerprint density at radius 2 is 2.19 bits per heavy atom. The molecule has 0 aliphatic carbocycles. The Morgan fingerprint density at radius 1 is 1.44 bits per heavy atom. The summed E-state index contributed by atoms with van der Waals surface area (Å²) in [7, 11) is 1.45. The molecule has 2 rings (SSSR count). The van der Waals surface area contributed by atoms with Crippen LogP contribution in [0.4, 0.5) is 0 Å². The van der Waals surface area contributed by atoms with Crippen LogP contribution in [0.15, 0.2) is 18.5 Å². The van der Waals surface area contributed by atoms with Crippen LogP contribution in [-0.4, -0.2) is 36.1 Å². The van der Waals surface area contributed by atoms with E-state index in [1.807, 2.05) is 18.5 Å². The van der Waals surface area contributed by atoms with Crippen molar-refractivity contribution in [2.75, 3.05) is 20.2 Å². The molecule has 0 aromatic carbocycles. The number of aromatic amines is 1. The molecule has 1 aliphatic rings. The zero-order valence-corrected chi connectivity index (χ0v) is 9.61. The summed E-state index contributed by atoms with van der Waals surface area (Å²) < 4.78 is 4.89. The van der Waals surface area contributed by atoms with Gasteiger partial charge in [-0.1, -0.05) is 6.42 Å². The van der Waals surface area contributed by atoms with Crippen molar-refractivity contribution >= 4 is 5.97 Å². The lowest BCUT2D eigenvalue weighted by molar-refractivity contribution is -0.147. The Balaban J connectivity index is 2.17. The minimum atomic E-state index is -0.239. The van der Waals surface area contributed by atoms with Gasteiger partial charge in [-0.15, -0.1) is 0 Å². The van der Waals surface area contributed by atoms with Crippen molar-refractivity contribution in [1.29, 1.82) is 0 Å². The predicted octanol–water partition coefficient (Wildman–Crippen LogP) is 1.71. The van der Waals surface area contributed by atoms with Crippen LogP contribution in [0.25, 0.3) is 0 Å². The van der Waals surface area contributed by atoms with Gasteiger partial charge in [0.25, 0.3) is 0 Å². The second kappa shape index (κ2) is 5.16. The molecule has 1 saturated heterocycles. The molecule has 0 radical (unpaired) electrons. The molecular weight excluding hydrogens is 204 g/mol. The summed E-state index contributed by atoms with van der Waals surface area (Å²) in [5, 5.41) is 0. The van der Waals surface area contributed by atoms with Crippen LogP contribution in [0.1, 0.15) is 30.9 Å². The molecule has 4 heteroatoms. The molecule has 88 valence electrons. The van der Waals surface area contributed by atoms with Crippen LogP contribution in [0.5, 0.6) is 0 Å². The summed E-state index contributed by atoms with van der Waals surface area (Å²) >= 11 is 0. The Morgan fingerprint density at radius 3 is 2.75 bits per heavy atom. The molecule has 0 spiro atoms. The first-order valence-corrected chi connectivity index (χ1v) is 5.77. The van der Waals surface area contributed by atoms with Crippen LogP contribution in [-0.2, 0) is 9.53 Å². The Bertz CT molecular complexity index is 329. The number of piperidine rings is 1. The molecule has 1 atom stereocenters. The monoisotopic (exact) mass is 222 g/mol. The maximum absolute atomic E-state index is 11.8. The lowest BCUT2D eigenvalue weighted by atomic mass is 10.0. The van der Waals surface area contributed by atoms with Gasteiger partial charge >= 0.3 is 5.97 Å². The molecule has 0 bridgehead atoms. The van der Waals surface area contributed by atoms with Crippen LogP contribution in [0.2, 0.25) is 0 Å². The normalized spacial score (nSPS) is 19.3. The standard InChI is InChI=1S/C12H18N2O2/c1-16-12(15)11(10-5-6-13-9-10)14-7-3-2-4-8-14/h5-6,9,11,13H,2-4,7-8H2,1H3. The second-order valence-electron chi connectivity index (χ2n) is 4.17. The summed E-state index contributed by atoms with van der Waals surface area (Å²) in [6.45, 7) is 1.95. The third-order valence-electron chi connectivity index (χ3n) is 3.12. The Hall–Kier alpha value is -1.29. The zero-order chi connectivity index (χ0) is 11.4. The van der Waals surface area contributed by atoms with Gasteiger partial charge in [-0.05, 0) is 37.6 Å². The van der Waals surface area contributed by atoms with E-state index in [0.717, 1.165) is 31.5 Å². The number of aromatic nitrogens is 1. The number of methoxy groups -OCH3 is 1. The number of H-pyrrole nitrogens is 1. The highest BCUT2D eigenvalue weighted by molar-refractivity contribution is 5.77. The van der Waals surface area contributed by atoms with Crippen molar-refractivity contribution in [1.82, 2.24) is 9.88 Å². The lowest BCUT2D eigenvalue weighted by Gasteiger charge is -2.32. The lowest BCUT2D eigenvalue weighted by Crippen LogP contribution is -2.38. The van der Waals surface area contributed by atoms with E-state index in [-0.39, 0.29) is 12.0 Å². The van der Waals surface area contributed by atoms with Crippen LogP contribution < -0.4 is 0 Å². The number of hydrogen-bond acceptors (Lipinski definition) is 3. The molecule has 1 N–H and O–H groups in total. The average molecular weight is 222 g/mol. The molecular formula is C12H18N2O2. The molecule has 2 heterocycles. The first kappa shape index (κ1) is 11.2. The summed E-state index contributed by atoms with van der Waals surface area (Å²) in [6, 6.07) is 1.70. The number of carbonyl (C=O) groups is 1. The number of nitrogens with one attached hydrogen (secondary N) is 1. The van der Waals surface area contributed by atoms with Crippen molar-refractivity contribution < 1.29 is 9.53 Å². The second-order valence-corrected chi connectivity index (χ2v) is 4.17. The number of likely N-dealkylation sites (tertiary alicyclic amines) is 1. The third kappa shape index (κ3) is 2.27. The first-order valence-electron chi connectivity index (χ1n) is 5.77. The summed E-state index contributed by atoms with van der Waals surface area (Å²) in [4.78, 5) is 17.0. The highest BCUT2D eigenvalue weighted by Gasteiger charge is 2.29. The molecule has 1 aromatic heterocycles. The summed E-state index contributed by atoms with van der Waals surface area (Å²) in [5.41, 5.74) is 0.994. The van der Waals surface area contributed by atoms with Gasteiger partial charge in [0.2, 0.25) is 0 Å². The maximum Gasteiger partial charge on any atom is 0.327 e. The van der Waals surface area contributed by atoms with E-state index in [1.54, 1.807) is 0 Å². The molecule has 4 nitrogen and oxygen atoms in total. The fourth-order valence-corrected chi connectivity index (χ4v) is 2.29. The number of ether oxygens (including phenoxy) is 1. The van der Waals surface area contributed by atoms with Crippen LogP contribution >= 0.6 is 0 Å². The minimum absolute atomic E-state index is 0.165. The summed E-state index contributed by atoms with van der Waals surface area (Å²) in [5.74, 6) is -0.165. The number of hydrogen-bond donors (Lipinski definition) is 1. The van der Waals surface area contributed by atoms with E-state index >= 15 is 0 Å². The predicted molar refractivity (Wildman–Crippen MR) is 61.0 cm³/mol. The fourth-order valence-electron chi connectivity index (χ4n) is 2.29. The molecule has 1 aliphatic heterocycles. The largest absolute Gasteiger partial charge is 0.468 e. The molecule has 16 heavy (non-hydrogen) atoms. The van der Waals surface area contributed by atoms with Gasteiger partial charge in [0.1, 0.15) is 6.04 Å². The number of rotatable bonds is 3. The topological polar surface area (TPSA) is 45.3 Å². The summed E-state index contributed by atoms with van der Waals surface area (Å²) in [6.07, 6.45) is 7.30. The number of nitrogens with zero attached hydrogens (tertiary/aromatic N) is 1. The van der Waals surface area contributed by atoms with Gasteiger partial charge in [-0.2, -0.15) is 0 Å². The van der Waals surface area contributed by atoms with E-state index in [2.05, 4.69) is 9.88 Å². The van der Waals surface area contributed by atoms with Crippen molar-refractivity contribution in [2.24, 2.45) is 0 Å². The number of esters is 1. The molecule has 0 amide bonds. The third-order valence-corrected chi connectivity index (χ3v) is 3.12. The average Bonchev–Trinajstić information content (AvgIpc) is 2.84. The quantitative estimate of drug-likeness (QED) is 0.792. The van der Waals surface area contributed by atoms with Crippen LogP contribution in [0, 0.1) is 0 Å². The Kier molecular flexibility index (Phi) is 3.62. The van der Waals surface area contributed by atoms with E-state index in [1.165, 1.54) is 13.5 Å². The van der Waals surface area contributed by atoms with Crippen LogP contribution in [0.3, 0.4) is 0 Å². The molecule has 1 unspecified atom stereocenters. The van der Waals surface area contributed by atoms with Gasteiger partial charge in [0.05, 0.1) is 7.11 Å². The van der Waals surface area contributed by atoms with Crippen molar-refractivity contribution in [2.45, 2.75) is 25.3 Å². The molecule has 0 saturated carbocycles. The minimum Gasteiger partial charge on any atom is -0.468 e. The van der Waals surface area contributed by atoms with Crippen molar-refractivity contribution in [3.63, 3.8) is 0 Å². The van der Waals surface area contributed by atoms with E-state index in [4.69, 9.17) is 4.74 Å². The van der Waals surface area contributed by atoms with Gasteiger partial charge in [-0.3, -0.25) is 4.90 Å². The zero-order valence-electron chi connectivity index (χ0n) is 9.61. The fraction of sp³-hybridized carbons (Fsp3) is 0.583.